The Morgan fingerprint density at radius 3 is 2.35 bits per heavy atom. The lowest BCUT2D eigenvalue weighted by Gasteiger charge is -2.30. The summed E-state index contributed by atoms with van der Waals surface area (Å²) < 4.78 is 27.1. The average Bonchev–Trinajstić information content (AvgIpc) is 2.62. The molecule has 0 aromatic heterocycles. The Kier molecular flexibility index (Phi) is 5.44. The van der Waals surface area contributed by atoms with E-state index in [2.05, 4.69) is 12.2 Å². The van der Waals surface area contributed by atoms with Crippen LogP contribution in [0.4, 0.5) is 5.69 Å². The molecule has 1 amide bonds. The second-order valence-corrected chi connectivity index (χ2v) is 8.89. The van der Waals surface area contributed by atoms with Gasteiger partial charge in [0.2, 0.25) is 10.0 Å². The molecule has 2 aromatic rings. The monoisotopic (exact) mass is 372 g/mol. The fourth-order valence-corrected chi connectivity index (χ4v) is 4.73. The third-order valence-electron chi connectivity index (χ3n) is 4.68. The molecule has 1 aliphatic rings. The number of nitrogens with one attached hydrogen (secondary N) is 1. The summed E-state index contributed by atoms with van der Waals surface area (Å²) in [6.45, 7) is 5.17. The van der Waals surface area contributed by atoms with E-state index < -0.39 is 10.0 Å². The molecule has 138 valence electrons. The molecule has 0 aliphatic carbocycles. The first kappa shape index (κ1) is 18.6. The number of benzene rings is 2. The van der Waals surface area contributed by atoms with Crippen molar-refractivity contribution in [3.63, 3.8) is 0 Å². The van der Waals surface area contributed by atoms with Crippen molar-refractivity contribution in [3.8, 4) is 0 Å². The van der Waals surface area contributed by atoms with Crippen LogP contribution in [-0.2, 0) is 10.0 Å². The number of amides is 1. The highest BCUT2D eigenvalue weighted by Crippen LogP contribution is 2.24. The summed E-state index contributed by atoms with van der Waals surface area (Å²) in [5.74, 6) is 0.164. The van der Waals surface area contributed by atoms with E-state index in [0.29, 0.717) is 30.3 Å². The van der Waals surface area contributed by atoms with Crippen molar-refractivity contribution in [2.45, 2.75) is 31.6 Å². The van der Waals surface area contributed by atoms with Crippen LogP contribution in [0.2, 0.25) is 0 Å². The number of carbonyl (C=O) groups is 1. The number of nitrogens with zero attached hydrogens (tertiary/aromatic N) is 1. The van der Waals surface area contributed by atoms with Crippen molar-refractivity contribution in [1.29, 1.82) is 0 Å². The predicted molar refractivity (Wildman–Crippen MR) is 103 cm³/mol. The van der Waals surface area contributed by atoms with Gasteiger partial charge in [-0.15, -0.1) is 0 Å². The molecule has 0 spiro atoms. The van der Waals surface area contributed by atoms with Gasteiger partial charge in [0.25, 0.3) is 5.91 Å². The van der Waals surface area contributed by atoms with Gasteiger partial charge in [-0.1, -0.05) is 24.6 Å². The highest BCUT2D eigenvalue weighted by Gasteiger charge is 2.28. The summed E-state index contributed by atoms with van der Waals surface area (Å²) in [4.78, 5) is 12.5. The van der Waals surface area contributed by atoms with Crippen molar-refractivity contribution in [2.24, 2.45) is 5.92 Å². The maximum Gasteiger partial charge on any atom is 0.255 e. The summed E-state index contributed by atoms with van der Waals surface area (Å²) in [6.07, 6.45) is 1.96. The van der Waals surface area contributed by atoms with Gasteiger partial charge in [0.15, 0.2) is 0 Å². The van der Waals surface area contributed by atoms with Crippen LogP contribution < -0.4 is 5.32 Å². The summed E-state index contributed by atoms with van der Waals surface area (Å²) in [5.41, 5.74) is 2.22. The normalized spacial score (nSPS) is 18.5. The third-order valence-corrected chi connectivity index (χ3v) is 6.56. The zero-order chi connectivity index (χ0) is 18.7. The lowest BCUT2D eigenvalue weighted by atomic mass is 10.0. The van der Waals surface area contributed by atoms with Crippen LogP contribution >= 0.6 is 0 Å². The molecule has 1 atom stereocenters. The van der Waals surface area contributed by atoms with Crippen molar-refractivity contribution in [3.05, 3.63) is 59.7 Å². The molecule has 2 aromatic carbocycles. The van der Waals surface area contributed by atoms with E-state index in [1.165, 1.54) is 0 Å². The fraction of sp³-hybridized carbons (Fsp3) is 0.350. The van der Waals surface area contributed by atoms with Crippen molar-refractivity contribution in [2.75, 3.05) is 18.4 Å². The number of hydrogen-bond acceptors (Lipinski definition) is 3. The van der Waals surface area contributed by atoms with Crippen molar-refractivity contribution in [1.82, 2.24) is 4.31 Å². The number of aryl methyl sites for hydroxylation is 1. The van der Waals surface area contributed by atoms with Gasteiger partial charge >= 0.3 is 0 Å². The molecule has 1 N–H and O–H groups in total. The van der Waals surface area contributed by atoms with Gasteiger partial charge in [0, 0.05) is 24.3 Å². The Morgan fingerprint density at radius 1 is 1.08 bits per heavy atom. The molecule has 3 rings (SSSR count). The van der Waals surface area contributed by atoms with Crippen LogP contribution in [0.1, 0.15) is 35.7 Å². The molecule has 1 aliphatic heterocycles. The largest absolute Gasteiger partial charge is 0.322 e. The Morgan fingerprint density at radius 2 is 1.73 bits per heavy atom. The van der Waals surface area contributed by atoms with Crippen LogP contribution in [0.3, 0.4) is 0 Å². The summed E-state index contributed by atoms with van der Waals surface area (Å²) in [6, 6.07) is 13.7. The molecule has 1 saturated heterocycles. The molecule has 1 heterocycles. The van der Waals surface area contributed by atoms with Gasteiger partial charge in [-0.25, -0.2) is 8.42 Å². The highest BCUT2D eigenvalue weighted by molar-refractivity contribution is 7.89. The quantitative estimate of drug-likeness (QED) is 0.890. The Labute approximate surface area is 155 Å². The summed E-state index contributed by atoms with van der Waals surface area (Å²) >= 11 is 0. The number of anilines is 1. The smallest absolute Gasteiger partial charge is 0.255 e. The minimum atomic E-state index is -3.48. The van der Waals surface area contributed by atoms with E-state index in [1.807, 2.05) is 19.1 Å². The van der Waals surface area contributed by atoms with E-state index in [1.54, 1.807) is 40.7 Å². The average molecular weight is 372 g/mol. The van der Waals surface area contributed by atoms with E-state index in [9.17, 15) is 13.2 Å². The van der Waals surface area contributed by atoms with E-state index >= 15 is 0 Å². The molecule has 26 heavy (non-hydrogen) atoms. The topological polar surface area (TPSA) is 66.5 Å². The van der Waals surface area contributed by atoms with Crippen LogP contribution in [0.5, 0.6) is 0 Å². The Balaban J connectivity index is 1.71. The third kappa shape index (κ3) is 4.14. The van der Waals surface area contributed by atoms with Crippen molar-refractivity contribution < 1.29 is 13.2 Å². The Bertz CT molecular complexity index is 874. The number of rotatable bonds is 4. The first-order valence-corrected chi connectivity index (χ1v) is 10.3. The minimum absolute atomic E-state index is 0.217. The lowest BCUT2D eigenvalue weighted by Crippen LogP contribution is -2.39. The molecule has 0 bridgehead atoms. The standard InChI is InChI=1S/C20H24N2O3S/c1-15-5-7-17(8-6-15)20(23)21-18-9-11-19(12-10-18)26(24,25)22-13-3-4-16(2)14-22/h5-12,16H,3-4,13-14H2,1-2H3,(H,21,23)/t16-/m1/s1. The number of carbonyl (C=O) groups excluding carboxylic acids is 1. The molecule has 0 saturated carbocycles. The molecular formula is C20H24N2O3S. The van der Waals surface area contributed by atoms with Gasteiger partial charge in [0.1, 0.15) is 0 Å². The predicted octanol–water partition coefficient (Wildman–Crippen LogP) is 3.67. The van der Waals surface area contributed by atoms with Gasteiger partial charge in [-0.05, 0) is 62.1 Å². The fourth-order valence-electron chi connectivity index (χ4n) is 3.13. The zero-order valence-electron chi connectivity index (χ0n) is 15.1. The molecule has 6 heteroatoms. The maximum atomic E-state index is 12.8. The van der Waals surface area contributed by atoms with E-state index in [-0.39, 0.29) is 10.8 Å². The molecule has 0 radical (unpaired) electrons. The summed E-state index contributed by atoms with van der Waals surface area (Å²) in [7, 11) is -3.48. The van der Waals surface area contributed by atoms with Crippen molar-refractivity contribution >= 4 is 21.6 Å². The lowest BCUT2D eigenvalue weighted by molar-refractivity contribution is 0.102. The molecule has 0 unspecified atom stereocenters. The minimum Gasteiger partial charge on any atom is -0.322 e. The van der Waals surface area contributed by atoms with Crippen LogP contribution in [0, 0.1) is 12.8 Å². The molecule has 1 fully saturated rings. The first-order valence-electron chi connectivity index (χ1n) is 8.84. The second kappa shape index (κ2) is 7.60. The van der Waals surface area contributed by atoms with Crippen LogP contribution in [-0.4, -0.2) is 31.7 Å². The maximum absolute atomic E-state index is 12.8. The van der Waals surface area contributed by atoms with E-state index in [0.717, 1.165) is 18.4 Å². The van der Waals surface area contributed by atoms with Crippen LogP contribution in [0.25, 0.3) is 0 Å². The van der Waals surface area contributed by atoms with E-state index in [4.69, 9.17) is 0 Å². The Hall–Kier alpha value is -2.18. The number of piperidine rings is 1. The highest BCUT2D eigenvalue weighted by atomic mass is 32.2. The number of hydrogen-bond donors (Lipinski definition) is 1. The number of sulfonamides is 1. The van der Waals surface area contributed by atoms with Gasteiger partial charge in [-0.3, -0.25) is 4.79 Å². The molecular weight excluding hydrogens is 348 g/mol. The van der Waals surface area contributed by atoms with Gasteiger partial charge in [0.05, 0.1) is 4.90 Å². The first-order chi connectivity index (χ1) is 12.4. The summed E-state index contributed by atoms with van der Waals surface area (Å²) in [5, 5.41) is 2.80. The molecule has 5 nitrogen and oxygen atoms in total. The second-order valence-electron chi connectivity index (χ2n) is 6.95. The van der Waals surface area contributed by atoms with Crippen LogP contribution in [0.15, 0.2) is 53.4 Å². The van der Waals surface area contributed by atoms with Gasteiger partial charge in [-0.2, -0.15) is 4.31 Å². The van der Waals surface area contributed by atoms with Gasteiger partial charge < -0.3 is 5.32 Å². The SMILES string of the molecule is Cc1ccc(C(=O)Nc2ccc(S(=O)(=O)N3CCC[C@@H](C)C3)cc2)cc1. The zero-order valence-corrected chi connectivity index (χ0v) is 15.9.